The average Bonchev–Trinajstić information content (AvgIpc) is 3.63. The molecular formula is C42H66ClN5O10. The summed E-state index contributed by atoms with van der Waals surface area (Å²) in [5.74, 6) is -1.29. The highest BCUT2D eigenvalue weighted by atomic mass is 35.5. The Kier molecular flexibility index (Phi) is 19.5. The van der Waals surface area contributed by atoms with E-state index >= 15 is 0 Å². The van der Waals surface area contributed by atoms with Crippen LogP contribution in [0.2, 0.25) is 0 Å². The van der Waals surface area contributed by atoms with Crippen molar-refractivity contribution in [1.29, 1.82) is 0 Å². The number of nitrogens with one attached hydrogen (secondary N) is 3. The third kappa shape index (κ3) is 15.0. The van der Waals surface area contributed by atoms with Gasteiger partial charge in [-0.2, -0.15) is 0 Å². The fraction of sp³-hybridized carbons (Fsp3) is 0.738. The zero-order valence-electron chi connectivity index (χ0n) is 35.1. The standard InChI is InChI=1S/C42H66ClN5O10/c1-29(47(5)41(53)58-42(2,3)4)38(50)46-37(31-13-7-6-8-14-31)40(52)48-27-32(44-36(49)28-57-25-24-56-23-22-55-21-20-54-19-18-43)26-35(48)39(51)45-34-17-11-15-30-12-9-10-16-33(30)34/h9-10,12,16,29,31-32,34-35,37H,6-8,11,13-15,17-28H2,1-5H3,(H,44,49)(H,45,51)(H,46,50)/t29-,32-,34+,35-,37?/m0/s1. The van der Waals surface area contributed by atoms with E-state index in [2.05, 4.69) is 22.0 Å². The molecule has 3 N–H and O–H groups in total. The van der Waals surface area contributed by atoms with Crippen molar-refractivity contribution in [2.75, 3.05) is 72.3 Å². The van der Waals surface area contributed by atoms with E-state index in [1.54, 1.807) is 27.7 Å². The molecule has 0 spiro atoms. The summed E-state index contributed by atoms with van der Waals surface area (Å²) in [6, 6.07) is 4.57. The highest BCUT2D eigenvalue weighted by Crippen LogP contribution is 2.32. The Hall–Kier alpha value is -3.50. The van der Waals surface area contributed by atoms with Crippen molar-refractivity contribution in [3.63, 3.8) is 0 Å². The number of aryl methyl sites for hydroxylation is 1. The van der Waals surface area contributed by atoms with Gasteiger partial charge in [-0.1, -0.05) is 43.5 Å². The number of ether oxygens (including phenoxy) is 5. The number of benzene rings is 1. The van der Waals surface area contributed by atoms with Crippen LogP contribution >= 0.6 is 11.6 Å². The second-order valence-electron chi connectivity index (χ2n) is 16.4. The average molecular weight is 836 g/mol. The van der Waals surface area contributed by atoms with Crippen LogP contribution in [-0.2, 0) is 49.3 Å². The molecule has 1 aromatic carbocycles. The molecule has 1 unspecified atom stereocenters. The van der Waals surface area contributed by atoms with Gasteiger partial charge in [0.05, 0.1) is 52.3 Å². The number of rotatable bonds is 21. The van der Waals surface area contributed by atoms with E-state index in [1.807, 2.05) is 18.2 Å². The van der Waals surface area contributed by atoms with Gasteiger partial charge < -0.3 is 44.5 Å². The summed E-state index contributed by atoms with van der Waals surface area (Å²) >= 11 is 5.57. The molecule has 2 fully saturated rings. The Morgan fingerprint density at radius 1 is 0.862 bits per heavy atom. The van der Waals surface area contributed by atoms with E-state index in [4.69, 9.17) is 35.3 Å². The molecule has 1 aliphatic heterocycles. The first kappa shape index (κ1) is 47.2. The Morgan fingerprint density at radius 3 is 2.16 bits per heavy atom. The topological polar surface area (TPSA) is 174 Å². The molecule has 1 saturated heterocycles. The number of amides is 5. The lowest BCUT2D eigenvalue weighted by molar-refractivity contribution is -0.143. The number of nitrogens with zero attached hydrogens (tertiary/aromatic N) is 2. The zero-order chi connectivity index (χ0) is 42.1. The maximum atomic E-state index is 14.8. The third-order valence-electron chi connectivity index (χ3n) is 10.8. The van der Waals surface area contributed by atoms with E-state index in [-0.39, 0.29) is 62.5 Å². The fourth-order valence-electron chi connectivity index (χ4n) is 7.72. The summed E-state index contributed by atoms with van der Waals surface area (Å²) in [6.07, 6.45) is 6.47. The van der Waals surface area contributed by atoms with E-state index in [1.165, 1.54) is 22.4 Å². The quantitative estimate of drug-likeness (QED) is 0.122. The highest BCUT2D eigenvalue weighted by Gasteiger charge is 2.45. The molecule has 16 heteroatoms. The minimum Gasteiger partial charge on any atom is -0.444 e. The molecule has 3 aliphatic rings. The summed E-state index contributed by atoms with van der Waals surface area (Å²) in [5, 5.41) is 9.18. The van der Waals surface area contributed by atoms with Gasteiger partial charge in [-0.25, -0.2) is 4.79 Å². The van der Waals surface area contributed by atoms with Crippen LogP contribution in [0.1, 0.15) is 96.2 Å². The largest absolute Gasteiger partial charge is 0.444 e. The number of likely N-dealkylation sites (N-methyl/N-ethyl adjacent to an activating group) is 1. The first-order chi connectivity index (χ1) is 27.8. The third-order valence-corrected chi connectivity index (χ3v) is 11.0. The van der Waals surface area contributed by atoms with E-state index < -0.39 is 41.8 Å². The number of carbonyl (C=O) groups is 5. The van der Waals surface area contributed by atoms with Crippen LogP contribution in [0.4, 0.5) is 4.79 Å². The number of fused-ring (bicyclic) bond motifs is 1. The predicted molar refractivity (Wildman–Crippen MR) is 218 cm³/mol. The van der Waals surface area contributed by atoms with Crippen LogP contribution in [0.15, 0.2) is 24.3 Å². The Balaban J connectivity index is 1.42. The first-order valence-electron chi connectivity index (χ1n) is 20.9. The lowest BCUT2D eigenvalue weighted by Gasteiger charge is -2.36. The number of likely N-dealkylation sites (tertiary alicyclic amines) is 1. The van der Waals surface area contributed by atoms with Gasteiger partial charge in [-0.3, -0.25) is 24.1 Å². The summed E-state index contributed by atoms with van der Waals surface area (Å²) in [4.78, 5) is 71.5. The number of hydrogen-bond acceptors (Lipinski definition) is 10. The van der Waals surface area contributed by atoms with Gasteiger partial charge in [0.2, 0.25) is 23.6 Å². The number of carbonyl (C=O) groups excluding carboxylic acids is 5. The molecule has 1 aromatic rings. The lowest BCUT2D eigenvalue weighted by atomic mass is 9.83. The van der Waals surface area contributed by atoms with Crippen molar-refractivity contribution in [3.05, 3.63) is 35.4 Å². The van der Waals surface area contributed by atoms with Crippen LogP contribution in [-0.4, -0.2) is 142 Å². The van der Waals surface area contributed by atoms with Gasteiger partial charge in [0, 0.05) is 25.5 Å². The SMILES string of the molecule is C[C@@H](C(=O)NC(C(=O)N1C[C@@H](NC(=O)COCCOCCOCCOCCCl)C[C@H]1C(=O)N[C@@H]1CCCc2ccccc21)C1CCCCC1)N(C)C(=O)OC(C)(C)C. The normalized spacial score (nSPS) is 20.7. The van der Waals surface area contributed by atoms with Crippen molar-refractivity contribution in [2.24, 2.45) is 5.92 Å². The van der Waals surface area contributed by atoms with Gasteiger partial charge in [-0.05, 0) is 83.3 Å². The smallest absolute Gasteiger partial charge is 0.410 e. The van der Waals surface area contributed by atoms with Crippen LogP contribution in [0.3, 0.4) is 0 Å². The fourth-order valence-corrected chi connectivity index (χ4v) is 7.83. The van der Waals surface area contributed by atoms with Crippen molar-refractivity contribution in [1.82, 2.24) is 25.8 Å². The molecule has 0 aromatic heterocycles. The Bertz CT molecular complexity index is 1490. The van der Waals surface area contributed by atoms with E-state index in [0.717, 1.165) is 56.9 Å². The van der Waals surface area contributed by atoms with Crippen molar-refractivity contribution in [3.8, 4) is 0 Å². The Labute approximate surface area is 348 Å². The zero-order valence-corrected chi connectivity index (χ0v) is 35.8. The first-order valence-corrected chi connectivity index (χ1v) is 21.4. The molecule has 5 atom stereocenters. The molecular weight excluding hydrogens is 770 g/mol. The monoisotopic (exact) mass is 835 g/mol. The summed E-state index contributed by atoms with van der Waals surface area (Å²) < 4.78 is 27.2. The number of alkyl halides is 1. The minimum absolute atomic E-state index is 0.0798. The second kappa shape index (κ2) is 23.9. The van der Waals surface area contributed by atoms with Crippen LogP contribution in [0.5, 0.6) is 0 Å². The molecule has 2 aliphatic carbocycles. The van der Waals surface area contributed by atoms with Crippen molar-refractivity contribution < 1.29 is 47.7 Å². The predicted octanol–water partition coefficient (Wildman–Crippen LogP) is 3.89. The van der Waals surface area contributed by atoms with Crippen LogP contribution < -0.4 is 16.0 Å². The molecule has 4 rings (SSSR count). The van der Waals surface area contributed by atoms with Crippen LogP contribution in [0, 0.1) is 5.92 Å². The molecule has 326 valence electrons. The van der Waals surface area contributed by atoms with Gasteiger partial charge in [-0.15, -0.1) is 11.6 Å². The number of halogens is 1. The summed E-state index contributed by atoms with van der Waals surface area (Å²) in [7, 11) is 1.49. The summed E-state index contributed by atoms with van der Waals surface area (Å²) in [6.45, 7) is 9.32. The van der Waals surface area contributed by atoms with Crippen molar-refractivity contribution in [2.45, 2.75) is 121 Å². The molecule has 1 heterocycles. The number of hydrogen-bond donors (Lipinski definition) is 3. The van der Waals surface area contributed by atoms with Crippen molar-refractivity contribution >= 4 is 41.3 Å². The molecule has 0 radical (unpaired) electrons. The highest BCUT2D eigenvalue weighted by molar-refractivity contribution is 6.17. The molecule has 5 amide bonds. The van der Waals surface area contributed by atoms with Crippen LogP contribution in [0.25, 0.3) is 0 Å². The van der Waals surface area contributed by atoms with E-state index in [9.17, 15) is 24.0 Å². The Morgan fingerprint density at radius 2 is 1.50 bits per heavy atom. The molecule has 0 bridgehead atoms. The maximum Gasteiger partial charge on any atom is 0.410 e. The molecule has 1 saturated carbocycles. The second-order valence-corrected chi connectivity index (χ2v) is 16.8. The van der Waals surface area contributed by atoms with Gasteiger partial charge >= 0.3 is 6.09 Å². The molecule has 15 nitrogen and oxygen atoms in total. The van der Waals surface area contributed by atoms with Gasteiger partial charge in [0.15, 0.2) is 0 Å². The van der Waals surface area contributed by atoms with E-state index in [0.29, 0.717) is 38.9 Å². The maximum absolute atomic E-state index is 14.8. The van der Waals surface area contributed by atoms with Gasteiger partial charge in [0.25, 0.3) is 0 Å². The van der Waals surface area contributed by atoms with Gasteiger partial charge in [0.1, 0.15) is 30.3 Å². The summed E-state index contributed by atoms with van der Waals surface area (Å²) in [5.41, 5.74) is 1.51. The molecule has 58 heavy (non-hydrogen) atoms. The lowest BCUT2D eigenvalue weighted by Crippen LogP contribution is -2.59. The minimum atomic E-state index is -0.935.